The van der Waals surface area contributed by atoms with Crippen LogP contribution in [0.4, 0.5) is 0 Å². The number of ether oxygens (including phenoxy) is 2. The van der Waals surface area contributed by atoms with Crippen LogP contribution in [0.3, 0.4) is 0 Å². The Morgan fingerprint density at radius 1 is 0.872 bits per heavy atom. The number of carbonyl (C=O) groups excluding carboxylic acids is 2. The van der Waals surface area contributed by atoms with E-state index in [9.17, 15) is 9.59 Å². The minimum absolute atomic E-state index is 0.0684. The van der Waals surface area contributed by atoms with E-state index in [0.717, 1.165) is 34.2 Å². The van der Waals surface area contributed by atoms with Crippen LogP contribution in [0.25, 0.3) is 10.9 Å². The van der Waals surface area contributed by atoms with E-state index < -0.39 is 0 Å². The van der Waals surface area contributed by atoms with Crippen LogP contribution in [-0.2, 0) is 28.9 Å². The molecule has 4 rings (SSSR count). The third kappa shape index (κ3) is 7.60. The molecule has 1 heterocycles. The minimum Gasteiger partial charge on any atom is -0.486 e. The Kier molecular flexibility index (Phi) is 9.59. The number of benzene rings is 3. The van der Waals surface area contributed by atoms with E-state index in [1.807, 2.05) is 61.7 Å². The summed E-state index contributed by atoms with van der Waals surface area (Å²) in [5.41, 5.74) is 5.13. The molecule has 5 heteroatoms. The fourth-order valence-electron chi connectivity index (χ4n) is 4.92. The van der Waals surface area contributed by atoms with Gasteiger partial charge in [-0.15, -0.1) is 0 Å². The molecule has 0 N–H and O–H groups in total. The average molecular weight is 526 g/mol. The summed E-state index contributed by atoms with van der Waals surface area (Å²) in [6.07, 6.45) is 4.26. The van der Waals surface area contributed by atoms with Crippen LogP contribution in [-0.4, -0.2) is 22.9 Å². The van der Waals surface area contributed by atoms with Gasteiger partial charge in [0.25, 0.3) is 0 Å². The summed E-state index contributed by atoms with van der Waals surface area (Å²) in [7, 11) is 0. The van der Waals surface area contributed by atoms with E-state index in [4.69, 9.17) is 9.47 Å². The Hall–Kier alpha value is -3.86. The van der Waals surface area contributed by atoms with Gasteiger partial charge in [-0.25, -0.2) is 0 Å². The van der Waals surface area contributed by atoms with Crippen LogP contribution in [0.15, 0.2) is 79.0 Å². The highest BCUT2D eigenvalue weighted by molar-refractivity contribution is 6.08. The number of nitrogens with zero attached hydrogens (tertiary/aromatic N) is 1. The van der Waals surface area contributed by atoms with E-state index in [-0.39, 0.29) is 17.9 Å². The molecule has 0 saturated heterocycles. The van der Waals surface area contributed by atoms with Crippen LogP contribution < -0.4 is 4.74 Å². The molecule has 0 amide bonds. The maximum absolute atomic E-state index is 13.3. The molecule has 0 radical (unpaired) electrons. The summed E-state index contributed by atoms with van der Waals surface area (Å²) in [4.78, 5) is 25.0. The number of hydrogen-bond acceptors (Lipinski definition) is 4. The van der Waals surface area contributed by atoms with Crippen molar-refractivity contribution >= 4 is 22.7 Å². The number of Topliss-reactive ketones (excluding diaryl/α,β-unsaturated/α-hetero) is 1. The first-order valence-corrected chi connectivity index (χ1v) is 13.9. The van der Waals surface area contributed by atoms with Gasteiger partial charge in [-0.05, 0) is 67.5 Å². The number of hydrogen-bond donors (Lipinski definition) is 0. The van der Waals surface area contributed by atoms with Gasteiger partial charge in [0.2, 0.25) is 0 Å². The quantitative estimate of drug-likeness (QED) is 0.132. The molecule has 0 unspecified atom stereocenters. The van der Waals surface area contributed by atoms with Crippen molar-refractivity contribution in [3.63, 3.8) is 0 Å². The third-order valence-corrected chi connectivity index (χ3v) is 6.87. The van der Waals surface area contributed by atoms with Crippen molar-refractivity contribution < 1.29 is 19.1 Å². The van der Waals surface area contributed by atoms with Crippen LogP contribution >= 0.6 is 0 Å². The summed E-state index contributed by atoms with van der Waals surface area (Å²) < 4.78 is 13.3. The fourth-order valence-corrected chi connectivity index (χ4v) is 4.92. The van der Waals surface area contributed by atoms with E-state index in [1.165, 1.54) is 5.56 Å². The number of rotatable bonds is 13. The topological polar surface area (TPSA) is 57.5 Å². The van der Waals surface area contributed by atoms with Crippen LogP contribution in [0.1, 0.15) is 73.7 Å². The van der Waals surface area contributed by atoms with Crippen molar-refractivity contribution in [2.75, 3.05) is 6.61 Å². The normalized spacial score (nSPS) is 12.0. The molecule has 0 fully saturated rings. The molecule has 0 aliphatic heterocycles. The van der Waals surface area contributed by atoms with E-state index in [1.54, 1.807) is 0 Å². The maximum atomic E-state index is 13.3. The second-order valence-corrected chi connectivity index (χ2v) is 10.5. The van der Waals surface area contributed by atoms with Crippen molar-refractivity contribution in [1.82, 2.24) is 4.57 Å². The lowest BCUT2D eigenvalue weighted by Gasteiger charge is -2.16. The Balaban J connectivity index is 1.38. The number of fused-ring (bicyclic) bond motifs is 1. The number of aryl methyl sites for hydroxylation is 1. The zero-order valence-electron chi connectivity index (χ0n) is 23.5. The lowest BCUT2D eigenvalue weighted by Crippen LogP contribution is -2.06. The van der Waals surface area contributed by atoms with Crippen LogP contribution in [0.5, 0.6) is 5.75 Å². The second kappa shape index (κ2) is 13.3. The maximum Gasteiger partial charge on any atom is 0.305 e. The number of esters is 1. The molecule has 204 valence electrons. The standard InChI is InChI=1S/C34H39NO4/c1-5-38-34(37)11-8-20-35-23-31(30-9-6-7-10-32(30)35)33(36)22-27-14-18-29(19-15-27)39-25(4)28-16-12-26(13-17-28)21-24(2)3/h6-7,9-10,12-19,23-25H,5,8,11,20-22H2,1-4H3/t25-/m1/s1. The van der Waals surface area contributed by atoms with Crippen molar-refractivity contribution in [3.8, 4) is 5.75 Å². The summed E-state index contributed by atoms with van der Waals surface area (Å²) in [5.74, 6) is 1.30. The van der Waals surface area contributed by atoms with E-state index in [0.29, 0.717) is 43.9 Å². The number of carbonyl (C=O) groups is 2. The molecule has 0 aliphatic carbocycles. The number of ketones is 1. The van der Waals surface area contributed by atoms with Crippen molar-refractivity contribution in [2.24, 2.45) is 5.92 Å². The van der Waals surface area contributed by atoms with Gasteiger partial charge in [0.05, 0.1) is 6.61 Å². The SMILES string of the molecule is CCOC(=O)CCCn1cc(C(=O)Cc2ccc(O[C@H](C)c3ccc(CC(C)C)cc3)cc2)c2ccccc21. The zero-order chi connectivity index (χ0) is 27.8. The van der Waals surface area contributed by atoms with Gasteiger partial charge < -0.3 is 14.0 Å². The number of para-hydroxylation sites is 1. The molecule has 0 bridgehead atoms. The molecule has 1 atom stereocenters. The lowest BCUT2D eigenvalue weighted by molar-refractivity contribution is -0.143. The van der Waals surface area contributed by atoms with Gasteiger partial charge in [0.1, 0.15) is 11.9 Å². The third-order valence-electron chi connectivity index (χ3n) is 6.87. The second-order valence-electron chi connectivity index (χ2n) is 10.5. The first-order valence-electron chi connectivity index (χ1n) is 13.9. The Bertz CT molecular complexity index is 1380. The molecular weight excluding hydrogens is 486 g/mol. The largest absolute Gasteiger partial charge is 0.486 e. The van der Waals surface area contributed by atoms with Crippen molar-refractivity contribution in [1.29, 1.82) is 0 Å². The van der Waals surface area contributed by atoms with Crippen molar-refractivity contribution in [3.05, 3.63) is 101 Å². The zero-order valence-corrected chi connectivity index (χ0v) is 23.5. The molecular formula is C34H39NO4. The highest BCUT2D eigenvalue weighted by atomic mass is 16.5. The van der Waals surface area contributed by atoms with E-state index in [2.05, 4.69) is 49.6 Å². The fraction of sp³-hybridized carbons (Fsp3) is 0.353. The van der Waals surface area contributed by atoms with Crippen LogP contribution in [0.2, 0.25) is 0 Å². The summed E-state index contributed by atoms with van der Waals surface area (Å²) >= 11 is 0. The Morgan fingerprint density at radius 2 is 1.56 bits per heavy atom. The first-order chi connectivity index (χ1) is 18.8. The molecule has 5 nitrogen and oxygen atoms in total. The van der Waals surface area contributed by atoms with Gasteiger partial charge in [-0.2, -0.15) is 0 Å². The molecule has 1 aromatic heterocycles. The molecule has 3 aromatic carbocycles. The minimum atomic E-state index is -0.188. The summed E-state index contributed by atoms with van der Waals surface area (Å²) in [5, 5.41) is 0.937. The Morgan fingerprint density at radius 3 is 2.26 bits per heavy atom. The van der Waals surface area contributed by atoms with Crippen molar-refractivity contribution in [2.45, 2.75) is 66.0 Å². The molecule has 39 heavy (non-hydrogen) atoms. The molecule has 4 aromatic rings. The van der Waals surface area contributed by atoms with E-state index >= 15 is 0 Å². The van der Waals surface area contributed by atoms with Gasteiger partial charge in [-0.3, -0.25) is 9.59 Å². The highest BCUT2D eigenvalue weighted by Crippen LogP contribution is 2.26. The lowest BCUT2D eigenvalue weighted by atomic mass is 10.0. The number of aromatic nitrogens is 1. The van der Waals surface area contributed by atoms with Gasteiger partial charge in [-0.1, -0.05) is 68.4 Å². The average Bonchev–Trinajstić information content (AvgIpc) is 3.29. The monoisotopic (exact) mass is 525 g/mol. The predicted molar refractivity (Wildman–Crippen MR) is 156 cm³/mol. The van der Waals surface area contributed by atoms with Gasteiger partial charge in [0, 0.05) is 42.0 Å². The van der Waals surface area contributed by atoms with Gasteiger partial charge in [0.15, 0.2) is 5.78 Å². The molecule has 0 aliphatic rings. The smallest absolute Gasteiger partial charge is 0.305 e. The van der Waals surface area contributed by atoms with Crippen LogP contribution in [0, 0.1) is 5.92 Å². The molecule has 0 spiro atoms. The Labute approximate surface area is 231 Å². The molecule has 0 saturated carbocycles. The summed E-state index contributed by atoms with van der Waals surface area (Å²) in [6.45, 7) is 9.36. The highest BCUT2D eigenvalue weighted by Gasteiger charge is 2.16. The van der Waals surface area contributed by atoms with Gasteiger partial charge >= 0.3 is 5.97 Å². The first kappa shape index (κ1) is 28.2. The summed E-state index contributed by atoms with van der Waals surface area (Å²) in [6, 6.07) is 24.4. The predicted octanol–water partition coefficient (Wildman–Crippen LogP) is 7.75.